The van der Waals surface area contributed by atoms with Crippen molar-refractivity contribution in [1.82, 2.24) is 0 Å². The Morgan fingerprint density at radius 3 is 2.47 bits per heavy atom. The van der Waals surface area contributed by atoms with E-state index in [0.717, 1.165) is 25.1 Å². The number of nitrogens with two attached hydrogens (primary N) is 1. The van der Waals surface area contributed by atoms with E-state index in [-0.39, 0.29) is 6.10 Å². The summed E-state index contributed by atoms with van der Waals surface area (Å²) >= 11 is 0. The van der Waals surface area contributed by atoms with E-state index in [0.29, 0.717) is 5.92 Å². The second-order valence-electron chi connectivity index (χ2n) is 5.02. The number of hydrogen-bond donors (Lipinski definition) is 1. The molecule has 0 radical (unpaired) electrons. The van der Waals surface area contributed by atoms with Crippen LogP contribution in [0.2, 0.25) is 0 Å². The molecule has 96 valence electrons. The summed E-state index contributed by atoms with van der Waals surface area (Å²) in [5, 5.41) is 0. The Morgan fingerprint density at radius 1 is 1.24 bits per heavy atom. The molecule has 0 saturated carbocycles. The first-order chi connectivity index (χ1) is 8.04. The molecule has 0 aliphatic carbocycles. The van der Waals surface area contributed by atoms with E-state index >= 15 is 0 Å². The van der Waals surface area contributed by atoms with Gasteiger partial charge in [-0.15, -0.1) is 0 Å². The quantitative estimate of drug-likeness (QED) is 0.817. The first-order valence-electron chi connectivity index (χ1n) is 6.52. The predicted molar refractivity (Wildman–Crippen MR) is 73.6 cm³/mol. The van der Waals surface area contributed by atoms with E-state index in [2.05, 4.69) is 45.9 Å². The minimum absolute atomic E-state index is 0.231. The molecular formula is C15H25NO. The van der Waals surface area contributed by atoms with E-state index in [9.17, 15) is 0 Å². The zero-order valence-corrected chi connectivity index (χ0v) is 11.5. The zero-order chi connectivity index (χ0) is 12.8. The molecule has 0 aliphatic rings. The Morgan fingerprint density at radius 2 is 1.94 bits per heavy atom. The van der Waals surface area contributed by atoms with Crippen LogP contribution in [0.4, 0.5) is 0 Å². The average molecular weight is 235 g/mol. The minimum atomic E-state index is 0.231. The standard InChI is InChI=1S/C15H25NO/c1-11(2)17-15-8-7-14(10-13(15)4)12(3)6-5-9-16/h7-8,10-12H,5-6,9,16H2,1-4H3. The molecule has 1 unspecified atom stereocenters. The molecular weight excluding hydrogens is 210 g/mol. The Hall–Kier alpha value is -1.02. The fourth-order valence-electron chi connectivity index (χ4n) is 1.96. The van der Waals surface area contributed by atoms with Gasteiger partial charge in [0.05, 0.1) is 6.10 Å². The molecule has 17 heavy (non-hydrogen) atoms. The summed E-state index contributed by atoms with van der Waals surface area (Å²) in [4.78, 5) is 0. The molecule has 0 heterocycles. The second kappa shape index (κ2) is 6.65. The third-order valence-electron chi connectivity index (χ3n) is 2.97. The van der Waals surface area contributed by atoms with Crippen molar-refractivity contribution in [3.8, 4) is 5.75 Å². The summed E-state index contributed by atoms with van der Waals surface area (Å²) in [5.41, 5.74) is 8.14. The molecule has 0 saturated heterocycles. The van der Waals surface area contributed by atoms with Crippen molar-refractivity contribution in [2.75, 3.05) is 6.54 Å². The normalized spacial score (nSPS) is 12.8. The lowest BCUT2D eigenvalue weighted by Crippen LogP contribution is -2.07. The fourth-order valence-corrected chi connectivity index (χ4v) is 1.96. The summed E-state index contributed by atoms with van der Waals surface area (Å²) < 4.78 is 5.74. The van der Waals surface area contributed by atoms with Gasteiger partial charge in [-0.3, -0.25) is 0 Å². The minimum Gasteiger partial charge on any atom is -0.491 e. The SMILES string of the molecule is Cc1cc(C(C)CCCN)ccc1OC(C)C. The molecule has 0 fully saturated rings. The van der Waals surface area contributed by atoms with Crippen LogP contribution in [0, 0.1) is 6.92 Å². The van der Waals surface area contributed by atoms with Gasteiger partial charge in [0.15, 0.2) is 0 Å². The molecule has 1 aromatic rings. The highest BCUT2D eigenvalue weighted by molar-refractivity contribution is 5.37. The summed E-state index contributed by atoms with van der Waals surface area (Å²) in [5.74, 6) is 1.57. The molecule has 0 aromatic heterocycles. The lowest BCUT2D eigenvalue weighted by Gasteiger charge is -2.16. The highest BCUT2D eigenvalue weighted by atomic mass is 16.5. The molecule has 2 N–H and O–H groups in total. The van der Waals surface area contributed by atoms with Gasteiger partial charge in [0, 0.05) is 0 Å². The van der Waals surface area contributed by atoms with Crippen molar-refractivity contribution >= 4 is 0 Å². The van der Waals surface area contributed by atoms with Gasteiger partial charge in [-0.1, -0.05) is 19.1 Å². The number of ether oxygens (including phenoxy) is 1. The van der Waals surface area contributed by atoms with Crippen LogP contribution in [0.3, 0.4) is 0 Å². The van der Waals surface area contributed by atoms with Crippen molar-refractivity contribution in [1.29, 1.82) is 0 Å². The van der Waals surface area contributed by atoms with Gasteiger partial charge in [-0.05, 0) is 63.3 Å². The largest absolute Gasteiger partial charge is 0.491 e. The Labute approximate surface area is 105 Å². The molecule has 0 spiro atoms. The number of benzene rings is 1. The molecule has 1 atom stereocenters. The van der Waals surface area contributed by atoms with Crippen molar-refractivity contribution in [2.45, 2.75) is 52.6 Å². The molecule has 2 heteroatoms. The van der Waals surface area contributed by atoms with Crippen molar-refractivity contribution < 1.29 is 4.74 Å². The van der Waals surface area contributed by atoms with Crippen LogP contribution in [0.25, 0.3) is 0 Å². The summed E-state index contributed by atoms with van der Waals surface area (Å²) in [6, 6.07) is 6.49. The number of rotatable bonds is 6. The first-order valence-corrected chi connectivity index (χ1v) is 6.52. The predicted octanol–water partition coefficient (Wildman–Crippen LogP) is 3.62. The third-order valence-corrected chi connectivity index (χ3v) is 2.97. The summed E-state index contributed by atoms with van der Waals surface area (Å²) in [6.07, 6.45) is 2.47. The smallest absolute Gasteiger partial charge is 0.122 e. The number of hydrogen-bond acceptors (Lipinski definition) is 2. The van der Waals surface area contributed by atoms with Crippen molar-refractivity contribution in [3.63, 3.8) is 0 Å². The highest BCUT2D eigenvalue weighted by Crippen LogP contribution is 2.26. The van der Waals surface area contributed by atoms with E-state index in [1.807, 2.05) is 0 Å². The van der Waals surface area contributed by atoms with Crippen molar-refractivity contribution in [2.24, 2.45) is 5.73 Å². The number of aryl methyl sites for hydroxylation is 1. The van der Waals surface area contributed by atoms with Gasteiger partial charge < -0.3 is 10.5 Å². The molecule has 0 aliphatic heterocycles. The van der Waals surface area contributed by atoms with E-state index in [1.165, 1.54) is 11.1 Å². The molecule has 0 amide bonds. The van der Waals surface area contributed by atoms with Crippen LogP contribution in [-0.4, -0.2) is 12.6 Å². The first kappa shape index (κ1) is 14.0. The summed E-state index contributed by atoms with van der Waals surface area (Å²) in [7, 11) is 0. The van der Waals surface area contributed by atoms with Crippen LogP contribution in [0.15, 0.2) is 18.2 Å². The highest BCUT2D eigenvalue weighted by Gasteiger charge is 2.08. The maximum Gasteiger partial charge on any atom is 0.122 e. The third kappa shape index (κ3) is 4.39. The lowest BCUT2D eigenvalue weighted by atomic mass is 9.95. The molecule has 0 bridgehead atoms. The maximum absolute atomic E-state index is 5.74. The van der Waals surface area contributed by atoms with Crippen LogP contribution in [0.1, 0.15) is 50.7 Å². The monoisotopic (exact) mass is 235 g/mol. The van der Waals surface area contributed by atoms with E-state index in [4.69, 9.17) is 10.5 Å². The van der Waals surface area contributed by atoms with Crippen LogP contribution >= 0.6 is 0 Å². The average Bonchev–Trinajstić information content (AvgIpc) is 2.28. The fraction of sp³-hybridized carbons (Fsp3) is 0.600. The maximum atomic E-state index is 5.74. The van der Waals surface area contributed by atoms with Gasteiger partial charge in [0.25, 0.3) is 0 Å². The molecule has 2 nitrogen and oxygen atoms in total. The van der Waals surface area contributed by atoms with E-state index < -0.39 is 0 Å². The zero-order valence-electron chi connectivity index (χ0n) is 11.5. The van der Waals surface area contributed by atoms with E-state index in [1.54, 1.807) is 0 Å². The topological polar surface area (TPSA) is 35.2 Å². The van der Waals surface area contributed by atoms with Crippen LogP contribution in [0.5, 0.6) is 5.75 Å². The summed E-state index contributed by atoms with van der Waals surface area (Å²) in [6.45, 7) is 9.25. The van der Waals surface area contributed by atoms with Crippen LogP contribution in [-0.2, 0) is 0 Å². The molecule has 1 aromatic carbocycles. The second-order valence-corrected chi connectivity index (χ2v) is 5.02. The van der Waals surface area contributed by atoms with Gasteiger partial charge in [-0.2, -0.15) is 0 Å². The lowest BCUT2D eigenvalue weighted by molar-refractivity contribution is 0.240. The van der Waals surface area contributed by atoms with Crippen LogP contribution < -0.4 is 10.5 Å². The Bertz CT molecular complexity index is 347. The van der Waals surface area contributed by atoms with Gasteiger partial charge in [0.1, 0.15) is 5.75 Å². The van der Waals surface area contributed by atoms with Gasteiger partial charge >= 0.3 is 0 Å². The van der Waals surface area contributed by atoms with Crippen molar-refractivity contribution in [3.05, 3.63) is 29.3 Å². The Balaban J connectivity index is 2.73. The van der Waals surface area contributed by atoms with Gasteiger partial charge in [-0.25, -0.2) is 0 Å². The molecule has 1 rings (SSSR count). The van der Waals surface area contributed by atoms with Gasteiger partial charge in [0.2, 0.25) is 0 Å². The Kier molecular flexibility index (Phi) is 5.49.